The highest BCUT2D eigenvalue weighted by atomic mass is 16.5. The molecular weight excluding hydrogens is 408 g/mol. The third-order valence-electron chi connectivity index (χ3n) is 6.73. The molecule has 1 aliphatic rings. The summed E-state index contributed by atoms with van der Waals surface area (Å²) in [5.41, 5.74) is 9.48. The first-order chi connectivity index (χ1) is 16.1. The van der Waals surface area contributed by atoms with E-state index in [1.807, 2.05) is 12.1 Å². The molecule has 5 rings (SSSR count). The Balaban J connectivity index is 1.62. The van der Waals surface area contributed by atoms with Crippen LogP contribution in [0.25, 0.3) is 28.0 Å². The molecule has 0 radical (unpaired) electrons. The second kappa shape index (κ2) is 9.38. The molecule has 2 aromatic heterocycles. The molecule has 0 aliphatic carbocycles. The Kier molecular flexibility index (Phi) is 6.16. The summed E-state index contributed by atoms with van der Waals surface area (Å²) >= 11 is 0. The van der Waals surface area contributed by atoms with Gasteiger partial charge >= 0.3 is 0 Å². The summed E-state index contributed by atoms with van der Waals surface area (Å²) in [5.74, 6) is 0.861. The monoisotopic (exact) mass is 440 g/mol. The third kappa shape index (κ3) is 4.52. The summed E-state index contributed by atoms with van der Waals surface area (Å²) in [6.07, 6.45) is 3.42. The molecule has 4 aromatic rings. The van der Waals surface area contributed by atoms with Crippen LogP contribution in [0, 0.1) is 13.8 Å². The van der Waals surface area contributed by atoms with Crippen LogP contribution in [0.1, 0.15) is 23.2 Å². The second-order valence-corrected chi connectivity index (χ2v) is 8.96. The molecule has 1 aliphatic heterocycles. The molecule has 0 unspecified atom stereocenters. The van der Waals surface area contributed by atoms with Crippen LogP contribution >= 0.6 is 0 Å². The summed E-state index contributed by atoms with van der Waals surface area (Å²) in [6.45, 7) is 9.48. The largest absolute Gasteiger partial charge is 0.497 e. The molecule has 1 fully saturated rings. The van der Waals surface area contributed by atoms with Crippen molar-refractivity contribution < 1.29 is 4.74 Å². The normalized spacial score (nSPS) is 15.0. The van der Waals surface area contributed by atoms with Crippen LogP contribution in [0.3, 0.4) is 0 Å². The molecule has 5 nitrogen and oxygen atoms in total. The zero-order valence-corrected chi connectivity index (χ0v) is 19.8. The van der Waals surface area contributed by atoms with Gasteiger partial charge in [0.1, 0.15) is 11.4 Å². The fourth-order valence-corrected chi connectivity index (χ4v) is 4.59. The van der Waals surface area contributed by atoms with Crippen LogP contribution in [0.4, 0.5) is 0 Å². The summed E-state index contributed by atoms with van der Waals surface area (Å²) in [5, 5.41) is 3.52. The van der Waals surface area contributed by atoms with Gasteiger partial charge in [0.2, 0.25) is 0 Å². The smallest absolute Gasteiger partial charge is 0.137 e. The molecular formula is C28H32N4O. The van der Waals surface area contributed by atoms with Crippen molar-refractivity contribution in [3.63, 3.8) is 0 Å². The number of rotatable bonds is 5. The number of hydrogen-bond donors (Lipinski definition) is 1. The van der Waals surface area contributed by atoms with Crippen LogP contribution in [0.5, 0.6) is 5.75 Å². The zero-order chi connectivity index (χ0) is 22.8. The highest BCUT2D eigenvalue weighted by Gasteiger charge is 2.19. The molecule has 3 heterocycles. The first kappa shape index (κ1) is 21.7. The van der Waals surface area contributed by atoms with E-state index in [9.17, 15) is 0 Å². The maximum Gasteiger partial charge on any atom is 0.137 e. The van der Waals surface area contributed by atoms with Gasteiger partial charge < -0.3 is 14.5 Å². The number of fused-ring (bicyclic) bond motifs is 1. The molecule has 2 aromatic carbocycles. The lowest BCUT2D eigenvalue weighted by atomic mass is 10.0. The molecule has 1 saturated heterocycles. The lowest BCUT2D eigenvalue weighted by molar-refractivity contribution is 0.281. The zero-order valence-electron chi connectivity index (χ0n) is 19.8. The first-order valence-corrected chi connectivity index (χ1v) is 11.8. The van der Waals surface area contributed by atoms with E-state index in [4.69, 9.17) is 9.72 Å². The van der Waals surface area contributed by atoms with E-state index in [2.05, 4.69) is 77.1 Å². The van der Waals surface area contributed by atoms with E-state index in [0.717, 1.165) is 55.4 Å². The standard InChI is InChI=1S/C28H32N4O/c1-20-5-6-23(17-21(20)2)24-9-12-27-30-28(22-7-10-25(33-3)11-8-22)26(32(27)18-24)19-31-15-4-13-29-14-16-31/h5-12,17-18,29H,4,13-16,19H2,1-3H3. The van der Waals surface area contributed by atoms with E-state index >= 15 is 0 Å². The van der Waals surface area contributed by atoms with E-state index in [1.54, 1.807) is 7.11 Å². The minimum absolute atomic E-state index is 0.861. The third-order valence-corrected chi connectivity index (χ3v) is 6.73. The maximum atomic E-state index is 5.37. The number of pyridine rings is 1. The van der Waals surface area contributed by atoms with E-state index in [0.29, 0.717) is 0 Å². The number of aryl methyl sites for hydroxylation is 2. The summed E-state index contributed by atoms with van der Waals surface area (Å²) in [7, 11) is 1.70. The fourth-order valence-electron chi connectivity index (χ4n) is 4.59. The van der Waals surface area contributed by atoms with E-state index in [-0.39, 0.29) is 0 Å². The number of benzene rings is 2. The van der Waals surface area contributed by atoms with Gasteiger partial charge in [-0.3, -0.25) is 4.90 Å². The molecule has 5 heteroatoms. The average Bonchev–Trinajstić information content (AvgIpc) is 3.00. The SMILES string of the molecule is COc1ccc(-c2nc3ccc(-c4ccc(C)c(C)c4)cn3c2CN2CCCNCC2)cc1. The number of imidazole rings is 1. The minimum Gasteiger partial charge on any atom is -0.497 e. The van der Waals surface area contributed by atoms with Crippen molar-refractivity contribution in [2.45, 2.75) is 26.8 Å². The Bertz CT molecular complexity index is 1250. The number of hydrogen-bond acceptors (Lipinski definition) is 4. The van der Waals surface area contributed by atoms with Crippen molar-refractivity contribution in [1.82, 2.24) is 19.6 Å². The number of methoxy groups -OCH3 is 1. The second-order valence-electron chi connectivity index (χ2n) is 8.96. The number of aromatic nitrogens is 2. The average molecular weight is 441 g/mol. The molecule has 1 N–H and O–H groups in total. The first-order valence-electron chi connectivity index (χ1n) is 11.8. The molecule has 0 bridgehead atoms. The summed E-state index contributed by atoms with van der Waals surface area (Å²) in [6, 6.07) is 19.3. The van der Waals surface area contributed by atoms with Crippen molar-refractivity contribution >= 4 is 5.65 Å². The van der Waals surface area contributed by atoms with Gasteiger partial charge in [0.05, 0.1) is 18.5 Å². The van der Waals surface area contributed by atoms with Crippen molar-refractivity contribution in [3.8, 4) is 28.1 Å². The van der Waals surface area contributed by atoms with Gasteiger partial charge in [0.15, 0.2) is 0 Å². The Morgan fingerprint density at radius 1 is 0.879 bits per heavy atom. The Morgan fingerprint density at radius 3 is 2.45 bits per heavy atom. The lowest BCUT2D eigenvalue weighted by Gasteiger charge is -2.20. The van der Waals surface area contributed by atoms with Crippen molar-refractivity contribution in [2.24, 2.45) is 0 Å². The number of nitrogens with zero attached hydrogens (tertiary/aromatic N) is 3. The molecule has 0 spiro atoms. The van der Waals surface area contributed by atoms with Gasteiger partial charge in [0, 0.05) is 31.4 Å². The maximum absolute atomic E-state index is 5.37. The fraction of sp³-hybridized carbons (Fsp3) is 0.321. The lowest BCUT2D eigenvalue weighted by Crippen LogP contribution is -2.28. The number of nitrogens with one attached hydrogen (secondary N) is 1. The van der Waals surface area contributed by atoms with Crippen molar-refractivity contribution in [2.75, 3.05) is 33.3 Å². The quantitative estimate of drug-likeness (QED) is 0.469. The number of ether oxygens (including phenoxy) is 1. The topological polar surface area (TPSA) is 41.8 Å². The Labute approximate surface area is 196 Å². The van der Waals surface area contributed by atoms with Crippen LogP contribution in [-0.4, -0.2) is 47.6 Å². The van der Waals surface area contributed by atoms with Crippen molar-refractivity contribution in [1.29, 1.82) is 0 Å². The van der Waals surface area contributed by atoms with Crippen LogP contribution in [0.15, 0.2) is 60.8 Å². The molecule has 0 amide bonds. The van der Waals surface area contributed by atoms with Gasteiger partial charge in [-0.25, -0.2) is 4.98 Å². The predicted octanol–water partition coefficient (Wildman–Crippen LogP) is 5.09. The molecule has 170 valence electrons. The molecule has 33 heavy (non-hydrogen) atoms. The Morgan fingerprint density at radius 2 is 1.67 bits per heavy atom. The van der Waals surface area contributed by atoms with Gasteiger partial charge in [-0.15, -0.1) is 0 Å². The van der Waals surface area contributed by atoms with Crippen LogP contribution in [-0.2, 0) is 6.54 Å². The van der Waals surface area contributed by atoms with Crippen molar-refractivity contribution in [3.05, 3.63) is 77.6 Å². The van der Waals surface area contributed by atoms with E-state index < -0.39 is 0 Å². The van der Waals surface area contributed by atoms with Gasteiger partial charge in [-0.2, -0.15) is 0 Å². The molecule has 0 saturated carbocycles. The van der Waals surface area contributed by atoms with Crippen LogP contribution < -0.4 is 10.1 Å². The Hall–Kier alpha value is -3.15. The molecule has 0 atom stereocenters. The van der Waals surface area contributed by atoms with Gasteiger partial charge in [0.25, 0.3) is 0 Å². The van der Waals surface area contributed by atoms with E-state index in [1.165, 1.54) is 34.4 Å². The summed E-state index contributed by atoms with van der Waals surface area (Å²) < 4.78 is 7.67. The summed E-state index contributed by atoms with van der Waals surface area (Å²) in [4.78, 5) is 7.61. The van der Waals surface area contributed by atoms with Gasteiger partial charge in [-0.1, -0.05) is 18.2 Å². The highest BCUT2D eigenvalue weighted by Crippen LogP contribution is 2.30. The predicted molar refractivity (Wildman–Crippen MR) is 135 cm³/mol. The van der Waals surface area contributed by atoms with Crippen LogP contribution in [0.2, 0.25) is 0 Å². The highest BCUT2D eigenvalue weighted by molar-refractivity contribution is 5.71. The van der Waals surface area contributed by atoms with Gasteiger partial charge in [-0.05, 0) is 92.0 Å². The minimum atomic E-state index is 0.861.